The second-order valence-electron chi connectivity index (χ2n) is 5.37. The van der Waals surface area contributed by atoms with E-state index in [2.05, 4.69) is 5.16 Å². The van der Waals surface area contributed by atoms with Gasteiger partial charge in [-0.2, -0.15) is 0 Å². The number of ether oxygens (including phenoxy) is 2. The SMILES string of the molecule is COc1ccc(COCCCC(C)(C)C(N)=NO)cc1. The molecule has 0 aliphatic carbocycles. The van der Waals surface area contributed by atoms with E-state index in [0.29, 0.717) is 13.2 Å². The van der Waals surface area contributed by atoms with Crippen LogP contribution in [0.15, 0.2) is 29.4 Å². The molecule has 0 spiro atoms. The monoisotopic (exact) mass is 280 g/mol. The topological polar surface area (TPSA) is 77.1 Å². The lowest BCUT2D eigenvalue weighted by molar-refractivity contribution is 0.112. The van der Waals surface area contributed by atoms with Crippen LogP contribution >= 0.6 is 0 Å². The Hall–Kier alpha value is -1.75. The molecule has 0 saturated carbocycles. The molecule has 3 N–H and O–H groups in total. The Balaban J connectivity index is 2.25. The van der Waals surface area contributed by atoms with Crippen LogP contribution in [0, 0.1) is 5.41 Å². The lowest BCUT2D eigenvalue weighted by atomic mass is 9.87. The molecule has 0 radical (unpaired) electrons. The third-order valence-corrected chi connectivity index (χ3v) is 3.32. The van der Waals surface area contributed by atoms with Crippen molar-refractivity contribution in [2.75, 3.05) is 13.7 Å². The largest absolute Gasteiger partial charge is 0.497 e. The first kappa shape index (κ1) is 16.3. The number of rotatable bonds is 8. The summed E-state index contributed by atoms with van der Waals surface area (Å²) in [7, 11) is 1.65. The standard InChI is InChI=1S/C15H24N2O3/c1-15(2,14(16)17-18)9-4-10-20-11-12-5-7-13(19-3)8-6-12/h5-8,18H,4,9-11H2,1-3H3,(H2,16,17). The van der Waals surface area contributed by atoms with Crippen LogP contribution in [0.3, 0.4) is 0 Å². The van der Waals surface area contributed by atoms with Gasteiger partial charge in [-0.1, -0.05) is 31.1 Å². The van der Waals surface area contributed by atoms with Crippen molar-refractivity contribution in [3.05, 3.63) is 29.8 Å². The lowest BCUT2D eigenvalue weighted by Gasteiger charge is -2.22. The minimum Gasteiger partial charge on any atom is -0.497 e. The normalized spacial score (nSPS) is 12.4. The van der Waals surface area contributed by atoms with Gasteiger partial charge in [0.25, 0.3) is 0 Å². The van der Waals surface area contributed by atoms with Gasteiger partial charge < -0.3 is 20.4 Å². The maximum Gasteiger partial charge on any atom is 0.144 e. The zero-order valence-corrected chi connectivity index (χ0v) is 12.4. The van der Waals surface area contributed by atoms with E-state index in [9.17, 15) is 0 Å². The summed E-state index contributed by atoms with van der Waals surface area (Å²) in [4.78, 5) is 0. The van der Waals surface area contributed by atoms with Crippen LogP contribution < -0.4 is 10.5 Å². The molecule has 0 unspecified atom stereocenters. The Kier molecular flexibility index (Phi) is 6.31. The molecular weight excluding hydrogens is 256 g/mol. The second-order valence-corrected chi connectivity index (χ2v) is 5.37. The van der Waals surface area contributed by atoms with Gasteiger partial charge in [0.2, 0.25) is 0 Å². The zero-order chi connectivity index (χ0) is 15.0. The molecule has 1 aromatic carbocycles. The predicted octanol–water partition coefficient (Wildman–Crippen LogP) is 2.76. The van der Waals surface area contributed by atoms with Crippen LogP contribution in [0.25, 0.3) is 0 Å². The van der Waals surface area contributed by atoms with E-state index in [1.807, 2.05) is 38.1 Å². The second kappa shape index (κ2) is 7.75. The van der Waals surface area contributed by atoms with E-state index < -0.39 is 0 Å². The fourth-order valence-electron chi connectivity index (χ4n) is 1.79. The molecule has 20 heavy (non-hydrogen) atoms. The molecule has 112 valence electrons. The van der Waals surface area contributed by atoms with Crippen LogP contribution in [0.2, 0.25) is 0 Å². The highest BCUT2D eigenvalue weighted by molar-refractivity contribution is 5.85. The molecule has 1 aromatic rings. The predicted molar refractivity (Wildman–Crippen MR) is 79.1 cm³/mol. The number of nitrogens with two attached hydrogens (primary N) is 1. The van der Waals surface area contributed by atoms with Gasteiger partial charge in [0.15, 0.2) is 0 Å². The van der Waals surface area contributed by atoms with Crippen molar-refractivity contribution in [2.45, 2.75) is 33.3 Å². The van der Waals surface area contributed by atoms with Crippen LogP contribution in [0.1, 0.15) is 32.3 Å². The molecule has 0 atom stereocenters. The average molecular weight is 280 g/mol. The minimum atomic E-state index is -0.307. The Bertz CT molecular complexity index is 427. The summed E-state index contributed by atoms with van der Waals surface area (Å²) in [6.07, 6.45) is 1.67. The van der Waals surface area contributed by atoms with E-state index in [1.165, 1.54) is 0 Å². The number of benzene rings is 1. The van der Waals surface area contributed by atoms with E-state index >= 15 is 0 Å². The quantitative estimate of drug-likeness (QED) is 0.252. The molecule has 0 saturated heterocycles. The number of nitrogens with zero attached hydrogens (tertiary/aromatic N) is 1. The first-order valence-electron chi connectivity index (χ1n) is 6.68. The molecule has 0 aliphatic rings. The van der Waals surface area contributed by atoms with Crippen LogP contribution in [0.4, 0.5) is 0 Å². The minimum absolute atomic E-state index is 0.257. The molecule has 0 bridgehead atoms. The van der Waals surface area contributed by atoms with Gasteiger partial charge in [0.05, 0.1) is 13.7 Å². The third-order valence-electron chi connectivity index (χ3n) is 3.32. The Morgan fingerprint density at radius 1 is 1.30 bits per heavy atom. The molecule has 0 heterocycles. The number of oxime groups is 1. The molecule has 5 nitrogen and oxygen atoms in total. The van der Waals surface area contributed by atoms with Crippen molar-refractivity contribution in [2.24, 2.45) is 16.3 Å². The van der Waals surface area contributed by atoms with Crippen molar-refractivity contribution < 1.29 is 14.7 Å². The summed E-state index contributed by atoms with van der Waals surface area (Å²) in [6, 6.07) is 7.80. The van der Waals surface area contributed by atoms with Crippen molar-refractivity contribution >= 4 is 5.84 Å². The van der Waals surface area contributed by atoms with Crippen LogP contribution in [-0.4, -0.2) is 24.8 Å². The van der Waals surface area contributed by atoms with Gasteiger partial charge in [0, 0.05) is 12.0 Å². The Morgan fingerprint density at radius 2 is 1.95 bits per heavy atom. The van der Waals surface area contributed by atoms with Gasteiger partial charge in [-0.15, -0.1) is 0 Å². The summed E-state index contributed by atoms with van der Waals surface area (Å²) in [6.45, 7) is 5.12. The van der Waals surface area contributed by atoms with Crippen molar-refractivity contribution in [3.63, 3.8) is 0 Å². The van der Waals surface area contributed by atoms with Gasteiger partial charge in [0.1, 0.15) is 11.6 Å². The van der Waals surface area contributed by atoms with Gasteiger partial charge in [-0.3, -0.25) is 0 Å². The van der Waals surface area contributed by atoms with E-state index in [-0.39, 0.29) is 11.3 Å². The highest BCUT2D eigenvalue weighted by atomic mass is 16.5. The fourth-order valence-corrected chi connectivity index (χ4v) is 1.79. The lowest BCUT2D eigenvalue weighted by Crippen LogP contribution is -2.32. The zero-order valence-electron chi connectivity index (χ0n) is 12.4. The molecule has 1 rings (SSSR count). The van der Waals surface area contributed by atoms with Gasteiger partial charge >= 0.3 is 0 Å². The van der Waals surface area contributed by atoms with Crippen molar-refractivity contribution in [3.8, 4) is 5.75 Å². The van der Waals surface area contributed by atoms with Crippen molar-refractivity contribution in [1.82, 2.24) is 0 Å². The molecule has 0 amide bonds. The number of hydrogen-bond acceptors (Lipinski definition) is 4. The smallest absolute Gasteiger partial charge is 0.144 e. The van der Waals surface area contributed by atoms with E-state index in [1.54, 1.807) is 7.11 Å². The summed E-state index contributed by atoms with van der Waals surface area (Å²) in [5, 5.41) is 11.8. The average Bonchev–Trinajstić information content (AvgIpc) is 2.46. The highest BCUT2D eigenvalue weighted by Gasteiger charge is 2.22. The van der Waals surface area contributed by atoms with Crippen LogP contribution in [-0.2, 0) is 11.3 Å². The Morgan fingerprint density at radius 3 is 2.50 bits per heavy atom. The number of amidine groups is 1. The number of hydrogen-bond donors (Lipinski definition) is 2. The maximum absolute atomic E-state index is 8.69. The van der Waals surface area contributed by atoms with Gasteiger partial charge in [-0.25, -0.2) is 0 Å². The molecule has 0 aliphatic heterocycles. The fraction of sp³-hybridized carbons (Fsp3) is 0.533. The summed E-state index contributed by atoms with van der Waals surface area (Å²) < 4.78 is 10.7. The summed E-state index contributed by atoms with van der Waals surface area (Å²) in [5.74, 6) is 1.10. The van der Waals surface area contributed by atoms with Crippen LogP contribution in [0.5, 0.6) is 5.75 Å². The third kappa shape index (κ3) is 5.09. The maximum atomic E-state index is 8.69. The molecular formula is C15H24N2O3. The van der Waals surface area contributed by atoms with E-state index in [4.69, 9.17) is 20.4 Å². The first-order chi connectivity index (χ1) is 9.49. The van der Waals surface area contributed by atoms with Crippen molar-refractivity contribution in [1.29, 1.82) is 0 Å². The molecule has 5 heteroatoms. The molecule has 0 aromatic heterocycles. The summed E-state index contributed by atoms with van der Waals surface area (Å²) >= 11 is 0. The highest BCUT2D eigenvalue weighted by Crippen LogP contribution is 2.22. The summed E-state index contributed by atoms with van der Waals surface area (Å²) in [5.41, 5.74) is 6.44. The van der Waals surface area contributed by atoms with E-state index in [0.717, 1.165) is 24.2 Å². The Labute approximate surface area is 120 Å². The molecule has 0 fully saturated rings. The number of methoxy groups -OCH3 is 1. The first-order valence-corrected chi connectivity index (χ1v) is 6.68. The van der Waals surface area contributed by atoms with Gasteiger partial charge in [-0.05, 0) is 30.5 Å².